The average Bonchev–Trinajstić information content (AvgIpc) is 2.62. The molecule has 0 saturated heterocycles. The molecule has 0 saturated carbocycles. The van der Waals surface area contributed by atoms with Crippen molar-refractivity contribution in [3.63, 3.8) is 0 Å². The highest BCUT2D eigenvalue weighted by Gasteiger charge is 2.22. The van der Waals surface area contributed by atoms with Gasteiger partial charge in [-0.1, -0.05) is 6.07 Å². The average molecular weight is 325 g/mol. The first-order valence-electron chi connectivity index (χ1n) is 8.72. The quantitative estimate of drug-likeness (QED) is 0.745. The van der Waals surface area contributed by atoms with Crippen LogP contribution in [0.3, 0.4) is 0 Å². The molecule has 2 atom stereocenters. The Kier molecular flexibility index (Phi) is 5.21. The van der Waals surface area contributed by atoms with Crippen molar-refractivity contribution in [3.05, 3.63) is 53.4 Å². The second-order valence-corrected chi connectivity index (χ2v) is 6.74. The third-order valence-corrected chi connectivity index (χ3v) is 5.30. The second-order valence-electron chi connectivity index (χ2n) is 6.74. The van der Waals surface area contributed by atoms with Gasteiger partial charge in [0.2, 0.25) is 0 Å². The van der Waals surface area contributed by atoms with Gasteiger partial charge in [-0.3, -0.25) is 24.8 Å². The Hall–Kier alpha value is -1.85. The standard InChI is InChI=1S/C10H14N2.C9H13N3/c1-8-9-4-3-6-11-10(9)5-7-12(8)2;1-7-9-8(3-6-12(7)2)10-4-5-11-9/h3-4,6,8H,5,7H2,1-2H3;4-5,7H,3,6H2,1-2H3. The molecule has 2 aliphatic rings. The van der Waals surface area contributed by atoms with E-state index in [1.165, 1.54) is 17.0 Å². The maximum atomic E-state index is 4.38. The maximum absolute atomic E-state index is 4.38. The molecule has 0 N–H and O–H groups in total. The number of aromatic nitrogens is 3. The first-order chi connectivity index (χ1) is 11.6. The van der Waals surface area contributed by atoms with Gasteiger partial charge < -0.3 is 0 Å². The monoisotopic (exact) mass is 325 g/mol. The molecule has 2 aromatic rings. The lowest BCUT2D eigenvalue weighted by atomic mass is 9.99. The molecule has 0 aliphatic carbocycles. The molecule has 0 aromatic carbocycles. The summed E-state index contributed by atoms with van der Waals surface area (Å²) in [6, 6.07) is 5.15. The molecule has 5 heteroatoms. The SMILES string of the molecule is CC1c2cccnc2CCN1C.CC1c2nccnc2CCN1C. The summed E-state index contributed by atoms with van der Waals surface area (Å²) >= 11 is 0. The van der Waals surface area contributed by atoms with Gasteiger partial charge >= 0.3 is 0 Å². The second kappa shape index (κ2) is 7.36. The van der Waals surface area contributed by atoms with Gasteiger partial charge in [0.1, 0.15) is 0 Å². The van der Waals surface area contributed by atoms with Crippen LogP contribution in [0.1, 0.15) is 48.6 Å². The van der Waals surface area contributed by atoms with Gasteiger partial charge in [-0.25, -0.2) is 0 Å². The van der Waals surface area contributed by atoms with Gasteiger partial charge in [-0.05, 0) is 39.6 Å². The lowest BCUT2D eigenvalue weighted by molar-refractivity contribution is 0.239. The number of hydrogen-bond acceptors (Lipinski definition) is 5. The molecule has 2 aliphatic heterocycles. The number of likely N-dealkylation sites (N-methyl/N-ethyl adjacent to an activating group) is 2. The largest absolute Gasteiger partial charge is 0.299 e. The summed E-state index contributed by atoms with van der Waals surface area (Å²) in [5.74, 6) is 0. The molecule has 0 fully saturated rings. The lowest BCUT2D eigenvalue weighted by Gasteiger charge is -2.30. The summed E-state index contributed by atoms with van der Waals surface area (Å²) in [6.45, 7) is 6.63. The molecule has 4 heterocycles. The van der Waals surface area contributed by atoms with Crippen molar-refractivity contribution >= 4 is 0 Å². The summed E-state index contributed by atoms with van der Waals surface area (Å²) in [6.07, 6.45) is 7.56. The van der Waals surface area contributed by atoms with E-state index in [9.17, 15) is 0 Å². The Morgan fingerprint density at radius 1 is 0.833 bits per heavy atom. The van der Waals surface area contributed by atoms with E-state index in [0.29, 0.717) is 12.1 Å². The highest BCUT2D eigenvalue weighted by molar-refractivity contribution is 5.25. The van der Waals surface area contributed by atoms with Crippen LogP contribution in [0.2, 0.25) is 0 Å². The number of nitrogens with zero attached hydrogens (tertiary/aromatic N) is 5. The van der Waals surface area contributed by atoms with Crippen LogP contribution in [-0.4, -0.2) is 51.9 Å². The van der Waals surface area contributed by atoms with E-state index in [1.807, 2.05) is 12.3 Å². The Morgan fingerprint density at radius 2 is 1.46 bits per heavy atom. The molecular formula is C19H27N5. The van der Waals surface area contributed by atoms with Crippen molar-refractivity contribution < 1.29 is 0 Å². The highest BCUT2D eigenvalue weighted by Crippen LogP contribution is 2.26. The topological polar surface area (TPSA) is 45.2 Å². The van der Waals surface area contributed by atoms with Crippen LogP contribution in [0.4, 0.5) is 0 Å². The van der Waals surface area contributed by atoms with Crippen molar-refractivity contribution in [2.45, 2.75) is 38.8 Å². The van der Waals surface area contributed by atoms with E-state index in [1.54, 1.807) is 12.4 Å². The lowest BCUT2D eigenvalue weighted by Crippen LogP contribution is -2.31. The minimum atomic E-state index is 0.419. The zero-order chi connectivity index (χ0) is 17.1. The van der Waals surface area contributed by atoms with E-state index < -0.39 is 0 Å². The fraction of sp³-hybridized carbons (Fsp3) is 0.526. The Bertz CT molecular complexity index is 627. The van der Waals surface area contributed by atoms with Gasteiger partial charge in [0.25, 0.3) is 0 Å². The number of hydrogen-bond donors (Lipinski definition) is 0. The van der Waals surface area contributed by atoms with Crippen molar-refractivity contribution in [1.29, 1.82) is 0 Å². The third-order valence-electron chi connectivity index (χ3n) is 5.30. The first kappa shape index (κ1) is 17.0. The predicted octanol–water partition coefficient (Wildman–Crippen LogP) is 2.66. The van der Waals surface area contributed by atoms with Crippen LogP contribution >= 0.6 is 0 Å². The van der Waals surface area contributed by atoms with Gasteiger partial charge in [-0.2, -0.15) is 0 Å². The fourth-order valence-corrected chi connectivity index (χ4v) is 3.36. The summed E-state index contributed by atoms with van der Waals surface area (Å²) < 4.78 is 0. The zero-order valence-corrected chi connectivity index (χ0v) is 15.1. The molecule has 0 spiro atoms. The fourth-order valence-electron chi connectivity index (χ4n) is 3.36. The van der Waals surface area contributed by atoms with Gasteiger partial charge in [-0.15, -0.1) is 0 Å². The smallest absolute Gasteiger partial charge is 0.0787 e. The molecule has 2 unspecified atom stereocenters. The summed E-state index contributed by atoms with van der Waals surface area (Å²) in [5, 5.41) is 0. The van der Waals surface area contributed by atoms with E-state index in [-0.39, 0.29) is 0 Å². The number of fused-ring (bicyclic) bond motifs is 2. The Balaban J connectivity index is 0.000000141. The van der Waals surface area contributed by atoms with Crippen LogP contribution in [0.25, 0.3) is 0 Å². The number of pyridine rings is 1. The summed E-state index contributed by atoms with van der Waals surface area (Å²) in [7, 11) is 4.29. The molecule has 0 radical (unpaired) electrons. The van der Waals surface area contributed by atoms with Crippen molar-refractivity contribution in [2.75, 3.05) is 27.2 Å². The first-order valence-corrected chi connectivity index (χ1v) is 8.72. The molecule has 2 aromatic heterocycles. The van der Waals surface area contributed by atoms with E-state index >= 15 is 0 Å². The third kappa shape index (κ3) is 3.47. The number of rotatable bonds is 0. The molecule has 128 valence electrons. The van der Waals surface area contributed by atoms with Crippen molar-refractivity contribution in [3.8, 4) is 0 Å². The van der Waals surface area contributed by atoms with Crippen LogP contribution in [-0.2, 0) is 12.8 Å². The van der Waals surface area contributed by atoms with Gasteiger partial charge in [0.05, 0.1) is 17.4 Å². The van der Waals surface area contributed by atoms with Gasteiger partial charge in [0.15, 0.2) is 0 Å². The van der Waals surface area contributed by atoms with E-state index in [4.69, 9.17) is 0 Å². The maximum Gasteiger partial charge on any atom is 0.0787 e. The van der Waals surface area contributed by atoms with Crippen LogP contribution < -0.4 is 0 Å². The normalized spacial score (nSPS) is 23.7. The minimum absolute atomic E-state index is 0.419. The zero-order valence-electron chi connectivity index (χ0n) is 15.1. The molecule has 24 heavy (non-hydrogen) atoms. The molecule has 0 bridgehead atoms. The van der Waals surface area contributed by atoms with Crippen molar-refractivity contribution in [1.82, 2.24) is 24.8 Å². The molecule has 5 nitrogen and oxygen atoms in total. The van der Waals surface area contributed by atoms with Crippen LogP contribution in [0, 0.1) is 0 Å². The van der Waals surface area contributed by atoms with E-state index in [2.05, 4.69) is 58.8 Å². The van der Waals surface area contributed by atoms with Gasteiger partial charge in [0, 0.05) is 56.3 Å². The van der Waals surface area contributed by atoms with Crippen LogP contribution in [0.5, 0.6) is 0 Å². The Labute approximate surface area is 144 Å². The van der Waals surface area contributed by atoms with E-state index in [0.717, 1.165) is 31.6 Å². The molecule has 4 rings (SSSR count). The molecule has 0 amide bonds. The van der Waals surface area contributed by atoms with Crippen molar-refractivity contribution in [2.24, 2.45) is 0 Å². The predicted molar refractivity (Wildman–Crippen MR) is 95.8 cm³/mol. The summed E-state index contributed by atoms with van der Waals surface area (Å²) in [5.41, 5.74) is 4.99. The van der Waals surface area contributed by atoms with Crippen LogP contribution in [0.15, 0.2) is 30.7 Å². The molecular weight excluding hydrogens is 298 g/mol. The summed E-state index contributed by atoms with van der Waals surface area (Å²) in [4.78, 5) is 17.7. The minimum Gasteiger partial charge on any atom is -0.299 e. The Morgan fingerprint density at radius 3 is 2.25 bits per heavy atom. The highest BCUT2D eigenvalue weighted by atomic mass is 15.1.